The van der Waals surface area contributed by atoms with Crippen LogP contribution in [0.15, 0.2) is 18.2 Å². The van der Waals surface area contributed by atoms with Crippen LogP contribution in [0, 0.1) is 0 Å². The highest BCUT2D eigenvalue weighted by Gasteiger charge is 2.39. The first-order valence-electron chi connectivity index (χ1n) is 9.37. The molecule has 3 aliphatic heterocycles. The number of benzene rings is 1. The Morgan fingerprint density at radius 1 is 1.19 bits per heavy atom. The lowest BCUT2D eigenvalue weighted by molar-refractivity contribution is -0.119. The SMILES string of the molecule is CC1(C)C(=O)Nc2ccc(C(=O)N3CCN(C4CCS(=O)(=O)C4)CC3)cc21. The second kappa shape index (κ2) is 6.31. The second-order valence-electron chi connectivity index (χ2n) is 8.22. The van der Waals surface area contributed by atoms with Gasteiger partial charge in [0.15, 0.2) is 9.84 Å². The second-order valence-corrected chi connectivity index (χ2v) is 10.5. The van der Waals surface area contributed by atoms with Crippen LogP contribution in [-0.2, 0) is 20.0 Å². The van der Waals surface area contributed by atoms with E-state index in [2.05, 4.69) is 10.2 Å². The smallest absolute Gasteiger partial charge is 0.253 e. The van der Waals surface area contributed by atoms with Crippen LogP contribution in [0.3, 0.4) is 0 Å². The van der Waals surface area contributed by atoms with Crippen molar-refractivity contribution in [3.8, 4) is 0 Å². The van der Waals surface area contributed by atoms with Crippen molar-refractivity contribution >= 4 is 27.3 Å². The van der Waals surface area contributed by atoms with Crippen LogP contribution in [0.4, 0.5) is 5.69 Å². The van der Waals surface area contributed by atoms with Crippen molar-refractivity contribution in [2.24, 2.45) is 0 Å². The van der Waals surface area contributed by atoms with Gasteiger partial charge in [-0.25, -0.2) is 8.42 Å². The van der Waals surface area contributed by atoms with E-state index in [1.807, 2.05) is 24.8 Å². The van der Waals surface area contributed by atoms with Gasteiger partial charge in [0.05, 0.1) is 16.9 Å². The Bertz CT molecular complexity index is 902. The lowest BCUT2D eigenvalue weighted by Crippen LogP contribution is -2.52. The van der Waals surface area contributed by atoms with Crippen molar-refractivity contribution in [2.45, 2.75) is 31.7 Å². The van der Waals surface area contributed by atoms with Gasteiger partial charge in [0.1, 0.15) is 0 Å². The van der Waals surface area contributed by atoms with Gasteiger partial charge in [-0.3, -0.25) is 14.5 Å². The third-order valence-electron chi connectivity index (χ3n) is 6.08. The predicted molar refractivity (Wildman–Crippen MR) is 103 cm³/mol. The van der Waals surface area contributed by atoms with E-state index in [1.165, 1.54) is 0 Å². The van der Waals surface area contributed by atoms with Crippen molar-refractivity contribution in [1.29, 1.82) is 0 Å². The van der Waals surface area contributed by atoms with E-state index in [9.17, 15) is 18.0 Å². The molecule has 146 valence electrons. The van der Waals surface area contributed by atoms with Crippen molar-refractivity contribution < 1.29 is 18.0 Å². The van der Waals surface area contributed by atoms with E-state index >= 15 is 0 Å². The average molecular weight is 391 g/mol. The molecule has 8 heteroatoms. The zero-order chi connectivity index (χ0) is 19.4. The number of nitrogens with zero attached hydrogens (tertiary/aromatic N) is 2. The highest BCUT2D eigenvalue weighted by molar-refractivity contribution is 7.91. The number of carbonyl (C=O) groups excluding carboxylic acids is 2. The summed E-state index contributed by atoms with van der Waals surface area (Å²) in [6, 6.07) is 5.48. The molecule has 2 saturated heterocycles. The molecule has 7 nitrogen and oxygen atoms in total. The third kappa shape index (κ3) is 3.25. The number of amides is 2. The summed E-state index contributed by atoms with van der Waals surface area (Å²) in [4.78, 5) is 29.0. The molecule has 0 radical (unpaired) electrons. The molecular formula is C19H25N3O4S. The average Bonchev–Trinajstić information content (AvgIpc) is 3.11. The number of anilines is 1. The van der Waals surface area contributed by atoms with Crippen LogP contribution in [-0.4, -0.2) is 73.8 Å². The van der Waals surface area contributed by atoms with Gasteiger partial charge in [-0.2, -0.15) is 0 Å². The molecule has 0 saturated carbocycles. The number of carbonyl (C=O) groups is 2. The largest absolute Gasteiger partial charge is 0.336 e. The molecule has 1 aromatic rings. The lowest BCUT2D eigenvalue weighted by atomic mass is 9.85. The molecule has 0 aliphatic carbocycles. The van der Waals surface area contributed by atoms with E-state index in [4.69, 9.17) is 0 Å². The minimum atomic E-state index is -2.89. The first-order valence-corrected chi connectivity index (χ1v) is 11.2. The number of sulfone groups is 1. The van der Waals surface area contributed by atoms with Gasteiger partial charge in [0.25, 0.3) is 5.91 Å². The van der Waals surface area contributed by atoms with Crippen LogP contribution in [0.1, 0.15) is 36.2 Å². The van der Waals surface area contributed by atoms with Gasteiger partial charge in [-0.1, -0.05) is 0 Å². The van der Waals surface area contributed by atoms with E-state index in [-0.39, 0.29) is 29.4 Å². The summed E-state index contributed by atoms with van der Waals surface area (Å²) < 4.78 is 23.4. The Morgan fingerprint density at radius 3 is 2.52 bits per heavy atom. The maximum absolute atomic E-state index is 12.9. The highest BCUT2D eigenvalue weighted by atomic mass is 32.2. The molecular weight excluding hydrogens is 366 g/mol. The van der Waals surface area contributed by atoms with Crippen molar-refractivity contribution in [1.82, 2.24) is 9.80 Å². The van der Waals surface area contributed by atoms with Crippen molar-refractivity contribution in [3.63, 3.8) is 0 Å². The van der Waals surface area contributed by atoms with Gasteiger partial charge in [0.2, 0.25) is 5.91 Å². The third-order valence-corrected chi connectivity index (χ3v) is 7.83. The molecule has 3 heterocycles. The maximum Gasteiger partial charge on any atom is 0.253 e. The Balaban J connectivity index is 1.43. The summed E-state index contributed by atoms with van der Waals surface area (Å²) in [5, 5.41) is 2.86. The fraction of sp³-hybridized carbons (Fsp3) is 0.579. The van der Waals surface area contributed by atoms with Gasteiger partial charge in [-0.15, -0.1) is 0 Å². The van der Waals surface area contributed by atoms with Crippen LogP contribution < -0.4 is 5.32 Å². The molecule has 3 aliphatic rings. The fourth-order valence-electron chi connectivity index (χ4n) is 4.24. The summed E-state index contributed by atoms with van der Waals surface area (Å²) in [5.41, 5.74) is 1.58. The number of fused-ring (bicyclic) bond motifs is 1. The Hall–Kier alpha value is -1.93. The molecule has 2 fully saturated rings. The Morgan fingerprint density at radius 2 is 1.89 bits per heavy atom. The van der Waals surface area contributed by atoms with Crippen LogP contribution in [0.2, 0.25) is 0 Å². The van der Waals surface area contributed by atoms with Crippen LogP contribution >= 0.6 is 0 Å². The zero-order valence-electron chi connectivity index (χ0n) is 15.7. The number of nitrogens with one attached hydrogen (secondary N) is 1. The predicted octanol–water partition coefficient (Wildman–Crippen LogP) is 0.861. The number of rotatable bonds is 2. The highest BCUT2D eigenvalue weighted by Crippen LogP contribution is 2.37. The lowest BCUT2D eigenvalue weighted by Gasteiger charge is -2.37. The minimum absolute atomic E-state index is 0.0355. The molecule has 1 aromatic carbocycles. The van der Waals surface area contributed by atoms with Gasteiger partial charge in [0, 0.05) is 43.5 Å². The zero-order valence-corrected chi connectivity index (χ0v) is 16.5. The number of piperazine rings is 1. The topological polar surface area (TPSA) is 86.8 Å². The number of hydrogen-bond acceptors (Lipinski definition) is 5. The molecule has 1 unspecified atom stereocenters. The normalized spacial score (nSPS) is 26.7. The molecule has 4 rings (SSSR count). The number of hydrogen-bond donors (Lipinski definition) is 1. The summed E-state index contributed by atoms with van der Waals surface area (Å²) in [6.45, 7) is 6.29. The first kappa shape index (κ1) is 18.4. The van der Waals surface area contributed by atoms with E-state index in [1.54, 1.807) is 12.1 Å². The minimum Gasteiger partial charge on any atom is -0.336 e. The standard InChI is InChI=1S/C19H25N3O4S/c1-19(2)15-11-13(3-4-16(15)20-18(19)24)17(23)22-8-6-21(7-9-22)14-5-10-27(25,26)12-14/h3-4,11,14H,5-10,12H2,1-2H3,(H,20,24). The summed E-state index contributed by atoms with van der Waals surface area (Å²) >= 11 is 0. The summed E-state index contributed by atoms with van der Waals surface area (Å²) in [7, 11) is -2.89. The van der Waals surface area contributed by atoms with Crippen LogP contribution in [0.25, 0.3) is 0 Å². The molecule has 0 bridgehead atoms. The molecule has 0 spiro atoms. The molecule has 27 heavy (non-hydrogen) atoms. The Labute approximate surface area is 159 Å². The molecule has 1 N–H and O–H groups in total. The Kier molecular flexibility index (Phi) is 4.31. The van der Waals surface area contributed by atoms with Crippen molar-refractivity contribution in [3.05, 3.63) is 29.3 Å². The first-order chi connectivity index (χ1) is 12.7. The molecule has 0 aromatic heterocycles. The van der Waals surface area contributed by atoms with E-state index < -0.39 is 15.3 Å². The van der Waals surface area contributed by atoms with Gasteiger partial charge < -0.3 is 10.2 Å². The van der Waals surface area contributed by atoms with E-state index in [0.29, 0.717) is 38.2 Å². The summed E-state index contributed by atoms with van der Waals surface area (Å²) in [6.07, 6.45) is 0.692. The quantitative estimate of drug-likeness (QED) is 0.808. The molecule has 1 atom stereocenters. The molecule has 2 amide bonds. The van der Waals surface area contributed by atoms with Gasteiger partial charge in [-0.05, 0) is 44.0 Å². The fourth-order valence-corrected chi connectivity index (χ4v) is 6.00. The summed E-state index contributed by atoms with van der Waals surface area (Å²) in [5.74, 6) is 0.421. The monoisotopic (exact) mass is 391 g/mol. The maximum atomic E-state index is 12.9. The van der Waals surface area contributed by atoms with Crippen LogP contribution in [0.5, 0.6) is 0 Å². The van der Waals surface area contributed by atoms with E-state index in [0.717, 1.165) is 11.3 Å². The van der Waals surface area contributed by atoms with Gasteiger partial charge >= 0.3 is 0 Å². The van der Waals surface area contributed by atoms with Crippen molar-refractivity contribution in [2.75, 3.05) is 43.0 Å².